The van der Waals surface area contributed by atoms with Crippen LogP contribution in [-0.2, 0) is 14.4 Å². The number of thioether (sulfide) groups is 1. The van der Waals surface area contributed by atoms with Crippen LogP contribution in [0.25, 0.3) is 0 Å². The zero-order valence-electron chi connectivity index (χ0n) is 14.9. The Hall–Kier alpha value is -2.46. The molecule has 1 aromatic carbocycles. The summed E-state index contributed by atoms with van der Waals surface area (Å²) in [7, 11) is 1.57. The van der Waals surface area contributed by atoms with Gasteiger partial charge < -0.3 is 15.5 Å². The van der Waals surface area contributed by atoms with Gasteiger partial charge in [-0.1, -0.05) is 40.8 Å². The van der Waals surface area contributed by atoms with Crippen LogP contribution >= 0.6 is 23.1 Å². The van der Waals surface area contributed by atoms with Crippen LogP contribution in [0.15, 0.2) is 28.6 Å². The largest absolute Gasteiger partial charge is 0.358 e. The molecule has 1 aromatic heterocycles. The Morgan fingerprint density at radius 3 is 2.74 bits per heavy atom. The van der Waals surface area contributed by atoms with Crippen LogP contribution < -0.4 is 15.5 Å². The second kappa shape index (κ2) is 8.49. The summed E-state index contributed by atoms with van der Waals surface area (Å²) in [5.74, 6) is -0.636. The number of hydrogen-bond acceptors (Lipinski definition) is 7. The first-order valence-corrected chi connectivity index (χ1v) is 10.1. The van der Waals surface area contributed by atoms with Gasteiger partial charge in [0.2, 0.25) is 22.9 Å². The number of aryl methyl sites for hydroxylation is 1. The van der Waals surface area contributed by atoms with Crippen molar-refractivity contribution in [1.82, 2.24) is 15.5 Å². The van der Waals surface area contributed by atoms with Crippen molar-refractivity contribution in [3.63, 3.8) is 0 Å². The molecule has 2 heterocycles. The van der Waals surface area contributed by atoms with Crippen molar-refractivity contribution < 1.29 is 14.4 Å². The smallest absolute Gasteiger partial charge is 0.231 e. The van der Waals surface area contributed by atoms with E-state index in [0.717, 1.165) is 11.3 Å². The summed E-state index contributed by atoms with van der Waals surface area (Å²) in [4.78, 5) is 37.7. The average Bonchev–Trinajstić information content (AvgIpc) is 3.27. The average molecular weight is 406 g/mol. The van der Waals surface area contributed by atoms with Crippen LogP contribution in [0.5, 0.6) is 0 Å². The fraction of sp³-hybridized carbons (Fsp3) is 0.353. The minimum absolute atomic E-state index is 0.0712. The molecule has 0 unspecified atom stereocenters. The lowest BCUT2D eigenvalue weighted by Crippen LogP contribution is -2.28. The molecule has 142 valence electrons. The van der Waals surface area contributed by atoms with E-state index in [-0.39, 0.29) is 29.9 Å². The maximum Gasteiger partial charge on any atom is 0.231 e. The second-order valence-corrected chi connectivity index (χ2v) is 8.27. The Kier molecular flexibility index (Phi) is 6.07. The summed E-state index contributed by atoms with van der Waals surface area (Å²) >= 11 is 2.45. The molecule has 3 rings (SSSR count). The van der Waals surface area contributed by atoms with E-state index in [9.17, 15) is 14.4 Å². The molecule has 0 radical (unpaired) electrons. The molecule has 0 spiro atoms. The number of carbonyl (C=O) groups excluding carboxylic acids is 3. The van der Waals surface area contributed by atoms with Gasteiger partial charge in [-0.05, 0) is 19.1 Å². The SMILES string of the molecule is CNC(=O)CSc1nnc(NC(=O)[C@H]2CC(=O)N(c3ccc(C)cc3)C2)s1. The summed E-state index contributed by atoms with van der Waals surface area (Å²) in [5.41, 5.74) is 1.91. The molecular weight excluding hydrogens is 386 g/mol. The predicted molar refractivity (Wildman–Crippen MR) is 105 cm³/mol. The van der Waals surface area contributed by atoms with E-state index >= 15 is 0 Å². The van der Waals surface area contributed by atoms with Crippen molar-refractivity contribution in [3.8, 4) is 0 Å². The first-order valence-electron chi connectivity index (χ1n) is 8.31. The highest BCUT2D eigenvalue weighted by Gasteiger charge is 2.35. The quantitative estimate of drug-likeness (QED) is 0.560. The molecule has 0 aliphatic carbocycles. The zero-order chi connectivity index (χ0) is 19.4. The number of rotatable bonds is 6. The van der Waals surface area contributed by atoms with Crippen molar-refractivity contribution in [2.45, 2.75) is 17.7 Å². The van der Waals surface area contributed by atoms with Gasteiger partial charge in [0.1, 0.15) is 0 Å². The number of anilines is 2. The number of benzene rings is 1. The monoisotopic (exact) mass is 405 g/mol. The minimum atomic E-state index is -0.440. The Morgan fingerprint density at radius 1 is 1.30 bits per heavy atom. The maximum absolute atomic E-state index is 12.5. The molecule has 0 saturated carbocycles. The molecule has 1 aliphatic rings. The van der Waals surface area contributed by atoms with Crippen LogP contribution in [0.4, 0.5) is 10.8 Å². The van der Waals surface area contributed by atoms with Gasteiger partial charge in [-0.15, -0.1) is 10.2 Å². The summed E-state index contributed by atoms with van der Waals surface area (Å²) in [6.07, 6.45) is 0.163. The molecule has 2 N–H and O–H groups in total. The maximum atomic E-state index is 12.5. The minimum Gasteiger partial charge on any atom is -0.358 e. The van der Waals surface area contributed by atoms with Crippen molar-refractivity contribution in [2.24, 2.45) is 5.92 Å². The van der Waals surface area contributed by atoms with Gasteiger partial charge in [-0.3, -0.25) is 14.4 Å². The molecule has 3 amide bonds. The van der Waals surface area contributed by atoms with Crippen molar-refractivity contribution in [1.29, 1.82) is 0 Å². The molecule has 10 heteroatoms. The van der Waals surface area contributed by atoms with Gasteiger partial charge in [0.15, 0.2) is 4.34 Å². The Morgan fingerprint density at radius 2 is 2.04 bits per heavy atom. The number of aromatic nitrogens is 2. The number of nitrogens with one attached hydrogen (secondary N) is 2. The molecule has 1 fully saturated rings. The molecule has 1 aliphatic heterocycles. The van der Waals surface area contributed by atoms with Crippen LogP contribution in [0.3, 0.4) is 0 Å². The van der Waals surface area contributed by atoms with Gasteiger partial charge in [-0.2, -0.15) is 0 Å². The first kappa shape index (κ1) is 19.3. The number of nitrogens with zero attached hydrogens (tertiary/aromatic N) is 3. The van der Waals surface area contributed by atoms with Crippen LogP contribution in [-0.4, -0.2) is 47.3 Å². The van der Waals surface area contributed by atoms with Gasteiger partial charge in [0, 0.05) is 25.7 Å². The van der Waals surface area contributed by atoms with E-state index in [1.165, 1.54) is 23.1 Å². The lowest BCUT2D eigenvalue weighted by Gasteiger charge is -2.16. The predicted octanol–water partition coefficient (Wildman–Crippen LogP) is 1.68. The summed E-state index contributed by atoms with van der Waals surface area (Å²) in [6.45, 7) is 2.32. The highest BCUT2D eigenvalue weighted by molar-refractivity contribution is 8.01. The lowest BCUT2D eigenvalue weighted by atomic mass is 10.1. The molecule has 1 atom stereocenters. The van der Waals surface area contributed by atoms with Crippen LogP contribution in [0, 0.1) is 12.8 Å². The second-order valence-electron chi connectivity index (χ2n) is 6.07. The van der Waals surface area contributed by atoms with Gasteiger partial charge in [-0.25, -0.2) is 0 Å². The third-order valence-corrected chi connectivity index (χ3v) is 6.06. The number of hydrogen-bond donors (Lipinski definition) is 2. The standard InChI is InChI=1S/C17H19N5O3S2/c1-10-3-5-12(6-4-10)22-8-11(7-14(22)24)15(25)19-16-20-21-17(27-16)26-9-13(23)18-2/h3-6,11H,7-9H2,1-2H3,(H,18,23)(H,19,20,25)/t11-/m0/s1. The van der Waals surface area contributed by atoms with Gasteiger partial charge in [0.05, 0.1) is 11.7 Å². The van der Waals surface area contributed by atoms with E-state index in [1.54, 1.807) is 11.9 Å². The summed E-state index contributed by atoms with van der Waals surface area (Å²) in [6, 6.07) is 7.65. The topological polar surface area (TPSA) is 104 Å². The van der Waals surface area contributed by atoms with E-state index in [2.05, 4.69) is 20.8 Å². The summed E-state index contributed by atoms with van der Waals surface area (Å²) < 4.78 is 0.595. The van der Waals surface area contributed by atoms with Crippen LogP contribution in [0.1, 0.15) is 12.0 Å². The number of carbonyl (C=O) groups is 3. The fourth-order valence-electron chi connectivity index (χ4n) is 2.58. The van der Waals surface area contributed by atoms with Crippen LogP contribution in [0.2, 0.25) is 0 Å². The molecule has 0 bridgehead atoms. The summed E-state index contributed by atoms with van der Waals surface area (Å²) in [5, 5.41) is 13.5. The molecule has 27 heavy (non-hydrogen) atoms. The lowest BCUT2D eigenvalue weighted by molar-refractivity contribution is -0.122. The zero-order valence-corrected chi connectivity index (χ0v) is 16.5. The normalized spacial score (nSPS) is 16.4. The third-order valence-electron chi connectivity index (χ3n) is 4.08. The molecule has 8 nitrogen and oxygen atoms in total. The number of amides is 3. The highest BCUT2D eigenvalue weighted by Crippen LogP contribution is 2.28. The molecular formula is C17H19N5O3S2. The Balaban J connectivity index is 1.57. The molecule has 2 aromatic rings. The van der Waals surface area contributed by atoms with Crippen molar-refractivity contribution in [2.75, 3.05) is 29.6 Å². The molecule has 1 saturated heterocycles. The van der Waals surface area contributed by atoms with E-state index in [0.29, 0.717) is 16.0 Å². The first-order chi connectivity index (χ1) is 13.0. The van der Waals surface area contributed by atoms with E-state index in [1.807, 2.05) is 31.2 Å². The fourth-order valence-corrected chi connectivity index (χ4v) is 4.21. The highest BCUT2D eigenvalue weighted by atomic mass is 32.2. The Bertz CT molecular complexity index is 853. The van der Waals surface area contributed by atoms with Crippen molar-refractivity contribution >= 4 is 51.6 Å². The van der Waals surface area contributed by atoms with Crippen molar-refractivity contribution in [3.05, 3.63) is 29.8 Å². The third kappa shape index (κ3) is 4.83. The van der Waals surface area contributed by atoms with E-state index in [4.69, 9.17) is 0 Å². The van der Waals surface area contributed by atoms with E-state index < -0.39 is 5.92 Å². The van der Waals surface area contributed by atoms with Gasteiger partial charge >= 0.3 is 0 Å². The van der Waals surface area contributed by atoms with Gasteiger partial charge in [0.25, 0.3) is 0 Å². The Labute approximate surface area is 164 Å².